The highest BCUT2D eigenvalue weighted by atomic mass is 32.2. The third-order valence-corrected chi connectivity index (χ3v) is 10.5. The summed E-state index contributed by atoms with van der Waals surface area (Å²) in [5, 5.41) is 8.25. The largest absolute Gasteiger partial charge is 0.370 e. The number of primary amides is 1. The van der Waals surface area contributed by atoms with Gasteiger partial charge < -0.3 is 27.4 Å². The summed E-state index contributed by atoms with van der Waals surface area (Å²) in [5.74, 6) is -2.85. The molecule has 0 heterocycles. The molecule has 0 unspecified atom stereocenters. The fraction of sp³-hybridized carbons (Fsp3) is 0.829. The lowest BCUT2D eigenvalue weighted by Gasteiger charge is -2.23. The van der Waals surface area contributed by atoms with Crippen LogP contribution in [0.25, 0.3) is 0 Å². The normalized spacial score (nSPS) is 13.4. The van der Waals surface area contributed by atoms with E-state index < -0.39 is 47.5 Å². The van der Waals surface area contributed by atoms with E-state index >= 15 is 0 Å². The van der Waals surface area contributed by atoms with E-state index in [1.165, 1.54) is 71.1 Å². The van der Waals surface area contributed by atoms with Gasteiger partial charge in [-0.3, -0.25) is 33.6 Å². The predicted molar refractivity (Wildman–Crippen MR) is 219 cm³/mol. The predicted octanol–water partition coefficient (Wildman–Crippen LogP) is 5.99. The van der Waals surface area contributed by atoms with E-state index in [0.717, 1.165) is 19.3 Å². The molecule has 0 fully saturated rings. The Hall–Kier alpha value is -2.80. The Labute approximate surface area is 330 Å². The number of hydrogen-bond acceptors (Lipinski definition) is 9. The zero-order valence-electron chi connectivity index (χ0n) is 34.1. The maximum absolute atomic E-state index is 13.2. The van der Waals surface area contributed by atoms with Crippen molar-refractivity contribution in [2.45, 2.75) is 193 Å². The van der Waals surface area contributed by atoms with Gasteiger partial charge in [-0.2, -0.15) is 11.8 Å². The zero-order chi connectivity index (χ0) is 40.6. The smallest absolute Gasteiger partial charge is 0.224 e. The summed E-state index contributed by atoms with van der Waals surface area (Å²) < 4.78 is 0. The van der Waals surface area contributed by atoms with Gasteiger partial charge in [0.15, 0.2) is 17.3 Å². The quantitative estimate of drug-likeness (QED) is 0.0468. The van der Waals surface area contributed by atoms with Gasteiger partial charge in [-0.05, 0) is 64.0 Å². The highest BCUT2D eigenvalue weighted by Gasteiger charge is 2.29. The lowest BCUT2D eigenvalue weighted by atomic mass is 9.92. The second kappa shape index (κ2) is 33.5. The van der Waals surface area contributed by atoms with Crippen molar-refractivity contribution in [3.05, 3.63) is 0 Å². The van der Waals surface area contributed by atoms with E-state index in [1.807, 2.05) is 6.26 Å². The number of amides is 4. The number of ketones is 3. The fourth-order valence-corrected chi connectivity index (χ4v) is 6.80. The summed E-state index contributed by atoms with van der Waals surface area (Å²) in [4.78, 5) is 88.9. The van der Waals surface area contributed by atoms with Gasteiger partial charge >= 0.3 is 0 Å². The number of unbranched alkanes of at least 4 members (excludes halogenated alkanes) is 13. The lowest BCUT2D eigenvalue weighted by molar-refractivity contribution is -0.134. The number of carbonyl (C=O) groups excluding carboxylic acids is 7. The van der Waals surface area contributed by atoms with Crippen LogP contribution in [0, 0.1) is 5.92 Å². The summed E-state index contributed by atoms with van der Waals surface area (Å²) in [6, 6.07) is -2.36. The van der Waals surface area contributed by atoms with Gasteiger partial charge in [-0.15, -0.1) is 0 Å². The summed E-state index contributed by atoms with van der Waals surface area (Å²) in [5.41, 5.74) is 10.9. The molecule has 0 saturated heterocycles. The Bertz CT molecular complexity index is 1110. The third kappa shape index (κ3) is 26.9. The molecule has 312 valence electrons. The van der Waals surface area contributed by atoms with Crippen LogP contribution in [0.5, 0.6) is 0 Å². The van der Waals surface area contributed by atoms with E-state index in [1.54, 1.807) is 18.7 Å². The van der Waals surface area contributed by atoms with Crippen molar-refractivity contribution in [1.29, 1.82) is 0 Å². The van der Waals surface area contributed by atoms with Crippen LogP contribution in [-0.4, -0.2) is 77.7 Å². The number of rotatable bonds is 37. The Balaban J connectivity index is 4.83. The van der Waals surface area contributed by atoms with Crippen LogP contribution in [0.15, 0.2) is 0 Å². The first-order chi connectivity index (χ1) is 25.9. The molecule has 4 amide bonds. The molecule has 4 atom stereocenters. The van der Waals surface area contributed by atoms with Crippen molar-refractivity contribution in [2.75, 3.05) is 18.6 Å². The van der Waals surface area contributed by atoms with Gasteiger partial charge in [0.25, 0.3) is 0 Å². The zero-order valence-corrected chi connectivity index (χ0v) is 34.9. The molecule has 0 aliphatic rings. The minimum absolute atomic E-state index is 0.0143. The Morgan fingerprint density at radius 3 is 1.67 bits per heavy atom. The molecule has 54 heavy (non-hydrogen) atoms. The Morgan fingerprint density at radius 2 is 1.13 bits per heavy atom. The first-order valence-corrected chi connectivity index (χ1v) is 22.2. The molecule has 0 spiro atoms. The van der Waals surface area contributed by atoms with E-state index in [0.29, 0.717) is 44.4 Å². The molecule has 12 nitrogen and oxygen atoms in total. The van der Waals surface area contributed by atoms with E-state index in [-0.39, 0.29) is 56.0 Å². The SMILES string of the molecule is CCCCCCCCCCCCCCCC(=O)N[C@@H](CCSC)C(=O)CCC(=O)N[C@@H](C)C(=O)C[C@@H](CCC(N)=O)C(=O)N[C@@H](CCCCN)C(=O)CC. The molecular weight excluding hydrogens is 707 g/mol. The molecule has 0 aliphatic carbocycles. The van der Waals surface area contributed by atoms with Crippen molar-refractivity contribution in [1.82, 2.24) is 16.0 Å². The molecule has 0 aromatic carbocycles. The maximum Gasteiger partial charge on any atom is 0.224 e. The maximum atomic E-state index is 13.2. The average molecular weight is 782 g/mol. The van der Waals surface area contributed by atoms with E-state index in [9.17, 15) is 33.6 Å². The molecule has 7 N–H and O–H groups in total. The lowest BCUT2D eigenvalue weighted by Crippen LogP contribution is -2.46. The highest BCUT2D eigenvalue weighted by Crippen LogP contribution is 2.17. The number of nitrogens with two attached hydrogens (primary N) is 2. The van der Waals surface area contributed by atoms with Crippen LogP contribution in [0.3, 0.4) is 0 Å². The molecule has 13 heteroatoms. The molecule has 0 rings (SSSR count). The van der Waals surface area contributed by atoms with Crippen LogP contribution < -0.4 is 27.4 Å². The van der Waals surface area contributed by atoms with Gasteiger partial charge in [0.2, 0.25) is 23.6 Å². The van der Waals surface area contributed by atoms with Crippen molar-refractivity contribution >= 4 is 52.7 Å². The highest BCUT2D eigenvalue weighted by molar-refractivity contribution is 7.98. The van der Waals surface area contributed by atoms with E-state index in [4.69, 9.17) is 11.5 Å². The number of Topliss-reactive ketones (excluding diaryl/α,β-unsaturated/α-hetero) is 3. The number of carbonyl (C=O) groups is 7. The second-order valence-corrected chi connectivity index (χ2v) is 15.7. The minimum atomic E-state index is -0.957. The topological polar surface area (TPSA) is 208 Å². The second-order valence-electron chi connectivity index (χ2n) is 14.7. The van der Waals surface area contributed by atoms with Crippen LogP contribution in [0.2, 0.25) is 0 Å². The van der Waals surface area contributed by atoms with E-state index in [2.05, 4.69) is 22.9 Å². The van der Waals surface area contributed by atoms with Crippen molar-refractivity contribution in [3.63, 3.8) is 0 Å². The molecule has 0 aliphatic heterocycles. The summed E-state index contributed by atoms with van der Waals surface area (Å²) >= 11 is 1.57. The Morgan fingerprint density at radius 1 is 0.574 bits per heavy atom. The van der Waals surface area contributed by atoms with Crippen LogP contribution >= 0.6 is 11.8 Å². The van der Waals surface area contributed by atoms with Gasteiger partial charge in [0, 0.05) is 44.4 Å². The number of thioether (sulfide) groups is 1. The van der Waals surface area contributed by atoms with Gasteiger partial charge in [-0.1, -0.05) is 90.9 Å². The molecule has 0 radical (unpaired) electrons. The molecule has 0 aromatic heterocycles. The van der Waals surface area contributed by atoms with Gasteiger partial charge in [-0.25, -0.2) is 0 Å². The molecule has 0 bridgehead atoms. The standard InChI is InChI=1S/C41H75N5O7S/c1-5-7-8-9-10-11-12-13-14-15-16-17-18-22-39(51)45-34(27-29-54-4)36(48)24-26-40(52)44-31(3)37(49)30-32(23-25-38(43)50)41(53)46-33(35(47)6-2)21-19-20-28-42/h31-34H,5-30,42H2,1-4H3,(H2,43,50)(H,44,52)(H,45,51)(H,46,53)/t31-,32+,33-,34-/m0/s1. The first kappa shape index (κ1) is 51.2. The summed E-state index contributed by atoms with van der Waals surface area (Å²) in [7, 11) is 0. The number of hydrogen-bond donors (Lipinski definition) is 5. The summed E-state index contributed by atoms with van der Waals surface area (Å²) in [6.45, 7) is 5.91. The number of nitrogens with one attached hydrogen (secondary N) is 3. The first-order valence-electron chi connectivity index (χ1n) is 20.8. The minimum Gasteiger partial charge on any atom is -0.370 e. The van der Waals surface area contributed by atoms with Crippen LogP contribution in [0.4, 0.5) is 0 Å². The van der Waals surface area contributed by atoms with Crippen molar-refractivity contribution < 1.29 is 33.6 Å². The average Bonchev–Trinajstić information content (AvgIpc) is 3.14. The fourth-order valence-electron chi connectivity index (χ4n) is 6.33. The van der Waals surface area contributed by atoms with Crippen molar-refractivity contribution in [2.24, 2.45) is 17.4 Å². The van der Waals surface area contributed by atoms with Gasteiger partial charge in [0.05, 0.1) is 18.1 Å². The molecular formula is C41H75N5O7S. The van der Waals surface area contributed by atoms with Crippen LogP contribution in [-0.2, 0) is 33.6 Å². The molecule has 0 aromatic rings. The third-order valence-electron chi connectivity index (χ3n) is 9.86. The Kier molecular flexibility index (Phi) is 31.8. The molecule has 0 saturated carbocycles. The monoisotopic (exact) mass is 782 g/mol. The van der Waals surface area contributed by atoms with Gasteiger partial charge in [0.1, 0.15) is 0 Å². The van der Waals surface area contributed by atoms with Crippen molar-refractivity contribution in [3.8, 4) is 0 Å². The summed E-state index contributed by atoms with van der Waals surface area (Å²) in [6.07, 6.45) is 20.0. The van der Waals surface area contributed by atoms with Crippen LogP contribution in [0.1, 0.15) is 175 Å².